The summed E-state index contributed by atoms with van der Waals surface area (Å²) in [7, 11) is 0. The number of amides is 1. The highest BCUT2D eigenvalue weighted by atomic mass is 35.5. The Morgan fingerprint density at radius 2 is 2.11 bits per heavy atom. The summed E-state index contributed by atoms with van der Waals surface area (Å²) < 4.78 is 5.59. The van der Waals surface area contributed by atoms with Crippen molar-refractivity contribution in [3.05, 3.63) is 28.8 Å². The molecular formula is C14H20ClNO2. The molecule has 3 nitrogen and oxygen atoms in total. The van der Waals surface area contributed by atoms with E-state index in [0.717, 1.165) is 12.0 Å². The molecule has 0 bridgehead atoms. The van der Waals surface area contributed by atoms with Crippen LogP contribution >= 0.6 is 11.6 Å². The van der Waals surface area contributed by atoms with Crippen LogP contribution in [-0.4, -0.2) is 18.1 Å². The average Bonchev–Trinajstić information content (AvgIpc) is 2.33. The minimum Gasteiger partial charge on any atom is -0.481 e. The van der Waals surface area contributed by atoms with E-state index < -0.39 is 6.10 Å². The van der Waals surface area contributed by atoms with Gasteiger partial charge >= 0.3 is 0 Å². The summed E-state index contributed by atoms with van der Waals surface area (Å²) in [5.74, 6) is 0.556. The Morgan fingerprint density at radius 3 is 2.67 bits per heavy atom. The molecule has 1 N–H and O–H groups in total. The van der Waals surface area contributed by atoms with E-state index in [4.69, 9.17) is 16.3 Å². The van der Waals surface area contributed by atoms with Gasteiger partial charge in [0.2, 0.25) is 0 Å². The first-order valence-electron chi connectivity index (χ1n) is 6.17. The lowest BCUT2D eigenvalue weighted by atomic mass is 10.2. The lowest BCUT2D eigenvalue weighted by Crippen LogP contribution is -2.40. The molecule has 1 aromatic rings. The largest absolute Gasteiger partial charge is 0.481 e. The molecule has 0 aliphatic rings. The van der Waals surface area contributed by atoms with Gasteiger partial charge in [0.1, 0.15) is 5.75 Å². The summed E-state index contributed by atoms with van der Waals surface area (Å²) in [6.45, 7) is 7.64. The minimum absolute atomic E-state index is 0.100. The van der Waals surface area contributed by atoms with Crippen molar-refractivity contribution in [2.75, 3.05) is 0 Å². The van der Waals surface area contributed by atoms with Crippen LogP contribution in [0.4, 0.5) is 0 Å². The maximum absolute atomic E-state index is 11.8. The molecule has 0 spiro atoms. The molecule has 4 heteroatoms. The van der Waals surface area contributed by atoms with Gasteiger partial charge in [0.05, 0.1) is 0 Å². The average molecular weight is 270 g/mol. The van der Waals surface area contributed by atoms with E-state index in [0.29, 0.717) is 10.8 Å². The van der Waals surface area contributed by atoms with Crippen LogP contribution in [0.1, 0.15) is 32.8 Å². The Balaban J connectivity index is 2.60. The Kier molecular flexibility index (Phi) is 5.48. The van der Waals surface area contributed by atoms with Gasteiger partial charge in [-0.15, -0.1) is 0 Å². The predicted octanol–water partition coefficient (Wildman–Crippen LogP) is 3.33. The second-order valence-electron chi connectivity index (χ2n) is 4.49. The molecular weight excluding hydrogens is 250 g/mol. The van der Waals surface area contributed by atoms with Gasteiger partial charge in [-0.2, -0.15) is 0 Å². The quantitative estimate of drug-likeness (QED) is 0.890. The van der Waals surface area contributed by atoms with Crippen LogP contribution in [0.5, 0.6) is 5.75 Å². The van der Waals surface area contributed by atoms with E-state index in [1.54, 1.807) is 19.1 Å². The maximum Gasteiger partial charge on any atom is 0.260 e. The summed E-state index contributed by atoms with van der Waals surface area (Å²) >= 11 is 5.93. The number of benzene rings is 1. The molecule has 100 valence electrons. The van der Waals surface area contributed by atoms with E-state index in [1.165, 1.54) is 0 Å². The van der Waals surface area contributed by atoms with Crippen molar-refractivity contribution in [1.82, 2.24) is 5.32 Å². The minimum atomic E-state index is -0.514. The number of aryl methyl sites for hydroxylation is 1. The molecule has 0 unspecified atom stereocenters. The van der Waals surface area contributed by atoms with Crippen LogP contribution in [-0.2, 0) is 4.79 Å². The van der Waals surface area contributed by atoms with Crippen LogP contribution in [0.2, 0.25) is 5.02 Å². The topological polar surface area (TPSA) is 38.3 Å². The van der Waals surface area contributed by atoms with E-state index >= 15 is 0 Å². The van der Waals surface area contributed by atoms with Crippen molar-refractivity contribution >= 4 is 17.5 Å². The number of carbonyl (C=O) groups is 1. The lowest BCUT2D eigenvalue weighted by Gasteiger charge is -2.18. The molecule has 0 aliphatic heterocycles. The van der Waals surface area contributed by atoms with E-state index in [-0.39, 0.29) is 11.9 Å². The van der Waals surface area contributed by atoms with Crippen molar-refractivity contribution in [3.8, 4) is 5.75 Å². The SMILES string of the molecule is CC[C@H](C)NC(=O)[C@@H](C)Oc1ccc(Cl)c(C)c1. The highest BCUT2D eigenvalue weighted by Crippen LogP contribution is 2.21. The molecule has 0 saturated heterocycles. The second-order valence-corrected chi connectivity index (χ2v) is 4.90. The third kappa shape index (κ3) is 4.22. The highest BCUT2D eigenvalue weighted by molar-refractivity contribution is 6.31. The fraction of sp³-hybridized carbons (Fsp3) is 0.500. The number of halogens is 1. The predicted molar refractivity (Wildman–Crippen MR) is 74.2 cm³/mol. The summed E-state index contributed by atoms with van der Waals surface area (Å²) in [6, 6.07) is 5.53. The van der Waals surface area contributed by atoms with Crippen molar-refractivity contribution in [1.29, 1.82) is 0 Å². The zero-order chi connectivity index (χ0) is 13.7. The van der Waals surface area contributed by atoms with Gasteiger partial charge in [-0.3, -0.25) is 4.79 Å². The first kappa shape index (κ1) is 14.8. The molecule has 0 radical (unpaired) electrons. The number of hydrogen-bond acceptors (Lipinski definition) is 2. The van der Waals surface area contributed by atoms with Crippen LogP contribution < -0.4 is 10.1 Å². The molecule has 2 atom stereocenters. The lowest BCUT2D eigenvalue weighted by molar-refractivity contribution is -0.127. The fourth-order valence-corrected chi connectivity index (χ4v) is 1.53. The van der Waals surface area contributed by atoms with Gasteiger partial charge in [0, 0.05) is 11.1 Å². The van der Waals surface area contributed by atoms with Crippen molar-refractivity contribution in [2.45, 2.75) is 46.3 Å². The van der Waals surface area contributed by atoms with Gasteiger partial charge in [0.25, 0.3) is 5.91 Å². The van der Waals surface area contributed by atoms with Crippen molar-refractivity contribution < 1.29 is 9.53 Å². The van der Waals surface area contributed by atoms with Crippen LogP contribution in [0.25, 0.3) is 0 Å². The Hall–Kier alpha value is -1.22. The number of ether oxygens (including phenoxy) is 1. The molecule has 1 aromatic carbocycles. The molecule has 0 fully saturated rings. The van der Waals surface area contributed by atoms with Gasteiger partial charge in [0.15, 0.2) is 6.10 Å². The molecule has 1 amide bonds. The third-order valence-corrected chi connectivity index (χ3v) is 3.24. The van der Waals surface area contributed by atoms with Crippen LogP contribution in [0.3, 0.4) is 0 Å². The number of nitrogens with one attached hydrogen (secondary N) is 1. The zero-order valence-corrected chi connectivity index (χ0v) is 12.0. The first-order chi connectivity index (χ1) is 8.43. The van der Waals surface area contributed by atoms with Crippen molar-refractivity contribution in [3.63, 3.8) is 0 Å². The molecule has 0 aliphatic carbocycles. The highest BCUT2D eigenvalue weighted by Gasteiger charge is 2.16. The first-order valence-corrected chi connectivity index (χ1v) is 6.55. The van der Waals surface area contributed by atoms with Crippen molar-refractivity contribution in [2.24, 2.45) is 0 Å². The van der Waals surface area contributed by atoms with E-state index in [2.05, 4.69) is 5.32 Å². The molecule has 0 saturated carbocycles. The number of carbonyl (C=O) groups excluding carboxylic acids is 1. The molecule has 0 heterocycles. The zero-order valence-electron chi connectivity index (χ0n) is 11.3. The number of rotatable bonds is 5. The fourth-order valence-electron chi connectivity index (χ4n) is 1.41. The Morgan fingerprint density at radius 1 is 1.44 bits per heavy atom. The second kappa shape index (κ2) is 6.64. The van der Waals surface area contributed by atoms with Gasteiger partial charge in [-0.1, -0.05) is 18.5 Å². The smallest absolute Gasteiger partial charge is 0.260 e. The third-order valence-electron chi connectivity index (χ3n) is 2.81. The molecule has 1 rings (SSSR count). The van der Waals surface area contributed by atoms with E-state index in [9.17, 15) is 4.79 Å². The van der Waals surface area contributed by atoms with Crippen LogP contribution in [0.15, 0.2) is 18.2 Å². The summed E-state index contributed by atoms with van der Waals surface area (Å²) in [4.78, 5) is 11.8. The van der Waals surface area contributed by atoms with Gasteiger partial charge in [-0.25, -0.2) is 0 Å². The van der Waals surface area contributed by atoms with E-state index in [1.807, 2.05) is 26.8 Å². The Bertz CT molecular complexity index is 420. The van der Waals surface area contributed by atoms with Gasteiger partial charge in [-0.05, 0) is 51.0 Å². The molecule has 0 aromatic heterocycles. The number of hydrogen-bond donors (Lipinski definition) is 1. The summed E-state index contributed by atoms with van der Waals surface area (Å²) in [5.41, 5.74) is 0.934. The standard InChI is InChI=1S/C14H20ClNO2/c1-5-10(3)16-14(17)11(4)18-12-6-7-13(15)9(2)8-12/h6-8,10-11H,5H2,1-4H3,(H,16,17)/t10-,11+/m0/s1. The maximum atomic E-state index is 11.8. The summed E-state index contributed by atoms with van der Waals surface area (Å²) in [6.07, 6.45) is 0.387. The normalized spacial score (nSPS) is 13.8. The van der Waals surface area contributed by atoms with Gasteiger partial charge < -0.3 is 10.1 Å². The Labute approximate surface area is 113 Å². The molecule has 18 heavy (non-hydrogen) atoms. The monoisotopic (exact) mass is 269 g/mol. The van der Waals surface area contributed by atoms with Crippen LogP contribution in [0, 0.1) is 6.92 Å². The summed E-state index contributed by atoms with van der Waals surface area (Å²) in [5, 5.41) is 3.58.